The minimum absolute atomic E-state index is 0.293. The van der Waals surface area contributed by atoms with Gasteiger partial charge < -0.3 is 10.4 Å². The topological polar surface area (TPSA) is 48.4 Å². The molecule has 0 amide bonds. The van der Waals surface area contributed by atoms with Crippen LogP contribution >= 0.6 is 11.3 Å². The van der Waals surface area contributed by atoms with E-state index >= 15 is 0 Å². The van der Waals surface area contributed by atoms with E-state index in [1.165, 1.54) is 35.6 Å². The molecule has 0 bridgehead atoms. The van der Waals surface area contributed by atoms with Gasteiger partial charge in [-0.2, -0.15) is 0 Å². The van der Waals surface area contributed by atoms with Gasteiger partial charge in [0.15, 0.2) is 5.13 Å². The number of aromatic nitrogens is 1. The van der Waals surface area contributed by atoms with Crippen LogP contribution in [-0.2, 0) is 6.42 Å². The van der Waals surface area contributed by atoms with Gasteiger partial charge in [0, 0.05) is 35.8 Å². The van der Waals surface area contributed by atoms with Crippen molar-refractivity contribution in [1.29, 1.82) is 0 Å². The lowest BCUT2D eigenvalue weighted by Gasteiger charge is -2.35. The van der Waals surface area contributed by atoms with E-state index < -0.39 is 0 Å². The molecule has 1 aliphatic rings. The minimum Gasteiger partial charge on any atom is -0.396 e. The van der Waals surface area contributed by atoms with E-state index in [1.807, 2.05) is 0 Å². The molecule has 0 aliphatic carbocycles. The summed E-state index contributed by atoms with van der Waals surface area (Å²) in [4.78, 5) is 7.37. The molecule has 33 heavy (non-hydrogen) atoms. The van der Waals surface area contributed by atoms with Gasteiger partial charge in [0.2, 0.25) is 0 Å². The maximum atomic E-state index is 9.34. The molecule has 2 heterocycles. The summed E-state index contributed by atoms with van der Waals surface area (Å²) in [5.74, 6) is 0. The van der Waals surface area contributed by atoms with Gasteiger partial charge >= 0.3 is 0 Å². The summed E-state index contributed by atoms with van der Waals surface area (Å²) in [6.45, 7) is 2.52. The maximum absolute atomic E-state index is 9.34. The van der Waals surface area contributed by atoms with Crippen LogP contribution in [0.4, 0.5) is 10.8 Å². The van der Waals surface area contributed by atoms with Crippen molar-refractivity contribution in [2.24, 2.45) is 0 Å². The van der Waals surface area contributed by atoms with Crippen molar-refractivity contribution in [1.82, 2.24) is 9.88 Å². The van der Waals surface area contributed by atoms with Crippen LogP contribution in [0.25, 0.3) is 22.0 Å². The number of anilines is 2. The van der Waals surface area contributed by atoms with Crippen molar-refractivity contribution >= 4 is 32.9 Å². The van der Waals surface area contributed by atoms with Crippen molar-refractivity contribution in [2.75, 3.05) is 25.0 Å². The Labute approximate surface area is 199 Å². The Kier molecular flexibility index (Phi) is 7.01. The number of likely N-dealkylation sites (tertiary alicyclic amines) is 1. The normalized spacial score (nSPS) is 16.8. The zero-order valence-electron chi connectivity index (χ0n) is 18.9. The summed E-state index contributed by atoms with van der Waals surface area (Å²) in [7, 11) is 0. The second kappa shape index (κ2) is 10.5. The van der Waals surface area contributed by atoms with Crippen LogP contribution in [0.1, 0.15) is 31.2 Å². The van der Waals surface area contributed by atoms with Crippen molar-refractivity contribution in [3.05, 3.63) is 77.7 Å². The highest BCUT2D eigenvalue weighted by Gasteiger charge is 2.21. The van der Waals surface area contributed by atoms with Gasteiger partial charge in [0.1, 0.15) is 0 Å². The zero-order valence-corrected chi connectivity index (χ0v) is 19.7. The number of piperidine rings is 1. The second-order valence-electron chi connectivity index (χ2n) is 8.87. The number of rotatable bonds is 8. The minimum atomic E-state index is 0.293. The third-order valence-corrected chi connectivity index (χ3v) is 7.41. The van der Waals surface area contributed by atoms with E-state index in [2.05, 4.69) is 82.3 Å². The first-order valence-electron chi connectivity index (χ1n) is 11.9. The van der Waals surface area contributed by atoms with E-state index in [4.69, 9.17) is 4.98 Å². The Balaban J connectivity index is 1.19. The number of aliphatic hydroxyl groups excluding tert-OH is 1. The first-order valence-corrected chi connectivity index (χ1v) is 12.8. The fourth-order valence-electron chi connectivity index (χ4n) is 4.79. The molecule has 1 fully saturated rings. The molecule has 4 nitrogen and oxygen atoms in total. The Morgan fingerprint density at radius 1 is 1.00 bits per heavy atom. The van der Waals surface area contributed by atoms with Gasteiger partial charge in [-0.1, -0.05) is 55.0 Å². The molecule has 3 aromatic carbocycles. The summed E-state index contributed by atoms with van der Waals surface area (Å²) in [6, 6.07) is 24.2. The first kappa shape index (κ1) is 22.1. The van der Waals surface area contributed by atoms with Gasteiger partial charge in [0.25, 0.3) is 0 Å². The highest BCUT2D eigenvalue weighted by molar-refractivity contribution is 7.14. The van der Waals surface area contributed by atoms with Gasteiger partial charge in [-0.3, -0.25) is 4.90 Å². The number of thiazole rings is 1. The highest BCUT2D eigenvalue weighted by Crippen LogP contribution is 2.29. The van der Waals surface area contributed by atoms with Crippen molar-refractivity contribution in [2.45, 2.75) is 38.1 Å². The fourth-order valence-corrected chi connectivity index (χ4v) is 5.53. The van der Waals surface area contributed by atoms with E-state index in [1.54, 1.807) is 11.3 Å². The van der Waals surface area contributed by atoms with Crippen molar-refractivity contribution < 1.29 is 5.11 Å². The van der Waals surface area contributed by atoms with Crippen LogP contribution in [0.5, 0.6) is 0 Å². The zero-order chi connectivity index (χ0) is 22.5. The van der Waals surface area contributed by atoms with Crippen LogP contribution < -0.4 is 5.32 Å². The molecule has 0 saturated carbocycles. The Hall–Kier alpha value is -2.73. The van der Waals surface area contributed by atoms with Gasteiger partial charge in [-0.05, 0) is 66.8 Å². The summed E-state index contributed by atoms with van der Waals surface area (Å²) < 4.78 is 0. The average molecular weight is 458 g/mol. The molecular formula is C28H31N3OS. The van der Waals surface area contributed by atoms with Crippen LogP contribution in [0.2, 0.25) is 0 Å². The molecule has 4 aromatic rings. The van der Waals surface area contributed by atoms with E-state index in [0.717, 1.165) is 48.0 Å². The van der Waals surface area contributed by atoms with Gasteiger partial charge in [0.05, 0.1) is 5.69 Å². The predicted molar refractivity (Wildman–Crippen MR) is 139 cm³/mol. The van der Waals surface area contributed by atoms with Crippen molar-refractivity contribution in [3.8, 4) is 11.3 Å². The lowest BCUT2D eigenvalue weighted by Crippen LogP contribution is -2.41. The third-order valence-electron chi connectivity index (χ3n) is 6.65. The maximum Gasteiger partial charge on any atom is 0.187 e. The molecule has 1 aliphatic heterocycles. The Bertz CT molecular complexity index is 1190. The highest BCUT2D eigenvalue weighted by atomic mass is 32.1. The molecule has 1 saturated heterocycles. The van der Waals surface area contributed by atoms with Crippen molar-refractivity contribution in [3.63, 3.8) is 0 Å². The number of nitrogens with one attached hydrogen (secondary N) is 1. The molecule has 5 rings (SSSR count). The molecule has 0 radical (unpaired) electrons. The molecule has 1 unspecified atom stereocenters. The fraction of sp³-hybridized carbons (Fsp3) is 0.321. The number of hydrogen-bond acceptors (Lipinski definition) is 5. The SMILES string of the molecule is OCCC1CCCCN1CCc1ccc(Nc2nc(-c3ccc4ccccc4c3)cs2)cc1. The second-order valence-corrected chi connectivity index (χ2v) is 9.73. The van der Waals surface area contributed by atoms with E-state index in [9.17, 15) is 5.11 Å². The number of fused-ring (bicyclic) bond motifs is 1. The number of benzene rings is 3. The lowest BCUT2D eigenvalue weighted by molar-refractivity contribution is 0.120. The van der Waals surface area contributed by atoms with Gasteiger partial charge in [-0.15, -0.1) is 11.3 Å². The molecule has 1 aromatic heterocycles. The molecule has 1 atom stereocenters. The van der Waals surface area contributed by atoms with E-state index in [0.29, 0.717) is 12.6 Å². The number of hydrogen-bond donors (Lipinski definition) is 2. The Morgan fingerprint density at radius 2 is 1.85 bits per heavy atom. The first-order chi connectivity index (χ1) is 16.3. The molecule has 170 valence electrons. The van der Waals surface area contributed by atoms with Gasteiger partial charge in [-0.25, -0.2) is 4.98 Å². The summed E-state index contributed by atoms with van der Waals surface area (Å²) in [5.41, 5.74) is 4.56. The molecule has 5 heteroatoms. The lowest BCUT2D eigenvalue weighted by atomic mass is 9.99. The largest absolute Gasteiger partial charge is 0.396 e. The molecule has 0 spiro atoms. The monoisotopic (exact) mass is 457 g/mol. The third kappa shape index (κ3) is 5.44. The molecular weight excluding hydrogens is 426 g/mol. The van der Waals surface area contributed by atoms with Crippen LogP contribution in [0, 0.1) is 0 Å². The summed E-state index contributed by atoms with van der Waals surface area (Å²) in [5, 5.41) is 18.3. The quantitative estimate of drug-likeness (QED) is 0.318. The smallest absolute Gasteiger partial charge is 0.187 e. The molecule has 2 N–H and O–H groups in total. The Morgan fingerprint density at radius 3 is 2.70 bits per heavy atom. The van der Waals surface area contributed by atoms with Crippen LogP contribution in [-0.4, -0.2) is 40.7 Å². The summed E-state index contributed by atoms with van der Waals surface area (Å²) in [6.07, 6.45) is 5.74. The average Bonchev–Trinajstić information content (AvgIpc) is 3.33. The standard InChI is InChI=1S/C28H31N3OS/c32-18-15-26-7-3-4-16-31(26)17-14-21-8-12-25(13-9-21)29-28-30-27(20-33-28)24-11-10-22-5-1-2-6-23(22)19-24/h1-2,5-6,8-13,19-20,26,32H,3-4,7,14-18H2,(H,29,30). The van der Waals surface area contributed by atoms with Crippen LogP contribution in [0.15, 0.2) is 72.1 Å². The number of aliphatic hydroxyl groups is 1. The van der Waals surface area contributed by atoms with Crippen LogP contribution in [0.3, 0.4) is 0 Å². The van der Waals surface area contributed by atoms with E-state index in [-0.39, 0.29) is 0 Å². The predicted octanol–water partition coefficient (Wildman–Crippen LogP) is 6.49. The number of nitrogens with zero attached hydrogens (tertiary/aromatic N) is 2. The summed E-state index contributed by atoms with van der Waals surface area (Å²) >= 11 is 1.63.